The first kappa shape index (κ1) is 36.1. The van der Waals surface area contributed by atoms with E-state index in [1.165, 1.54) is 31.3 Å². The average Bonchev–Trinajstić information content (AvgIpc) is 3.45. The van der Waals surface area contributed by atoms with Gasteiger partial charge in [0.25, 0.3) is 0 Å². The third-order valence-electron chi connectivity index (χ3n) is 16.4. The van der Waals surface area contributed by atoms with E-state index < -0.39 is 15.8 Å². The van der Waals surface area contributed by atoms with Crippen LogP contribution >= 0.6 is 0 Å². The van der Waals surface area contributed by atoms with Crippen LogP contribution in [0.15, 0.2) is 30.3 Å². The fourth-order valence-electron chi connectivity index (χ4n) is 13.7. The zero-order valence-corrected chi connectivity index (χ0v) is 32.1. The molecule has 1 aromatic rings. The number of carboxylic acid groups (broad SMARTS) is 1. The fraction of sp³-hybridized carbons (Fsp3) is 0.756. The smallest absolute Gasteiger partial charge is 0.335 e. The van der Waals surface area contributed by atoms with Crippen molar-refractivity contribution in [3.8, 4) is 0 Å². The lowest BCUT2D eigenvalue weighted by Crippen LogP contribution is -2.68. The van der Waals surface area contributed by atoms with Gasteiger partial charge < -0.3 is 20.6 Å². The highest BCUT2D eigenvalue weighted by molar-refractivity contribution is 7.91. The third kappa shape index (κ3) is 5.45. The maximum atomic E-state index is 13.6. The Balaban J connectivity index is 1.16. The quantitative estimate of drug-likeness (QED) is 0.306. The lowest BCUT2D eigenvalue weighted by Gasteiger charge is -2.72. The summed E-state index contributed by atoms with van der Waals surface area (Å²) in [6.45, 7) is 15.6. The Bertz CT molecular complexity index is 1640. The molecule has 0 bridgehead atoms. The van der Waals surface area contributed by atoms with E-state index in [1.54, 1.807) is 19.2 Å². The summed E-state index contributed by atoms with van der Waals surface area (Å²) in [5.74, 6) is 1.76. The molecule has 1 saturated heterocycles. The van der Waals surface area contributed by atoms with Gasteiger partial charge in [-0.3, -0.25) is 4.79 Å². The van der Waals surface area contributed by atoms with E-state index in [4.69, 9.17) is 0 Å². The number of fused-ring (bicyclic) bond motifs is 7. The number of carbonyl (C=O) groups is 2. The molecular weight excluding hydrogens is 647 g/mol. The summed E-state index contributed by atoms with van der Waals surface area (Å²) in [5.41, 5.74) is 3.24. The first-order valence-corrected chi connectivity index (χ1v) is 21.3. The molecule has 50 heavy (non-hydrogen) atoms. The summed E-state index contributed by atoms with van der Waals surface area (Å²) in [7, 11) is -1.10. The van der Waals surface area contributed by atoms with Crippen molar-refractivity contribution in [2.75, 3.05) is 44.7 Å². The number of hydrogen-bond acceptors (Lipinski definition) is 6. The number of carbonyl (C=O) groups excluding carboxylic acids is 1. The molecule has 9 atom stereocenters. The predicted molar refractivity (Wildman–Crippen MR) is 198 cm³/mol. The van der Waals surface area contributed by atoms with Crippen molar-refractivity contribution in [2.24, 2.45) is 51.2 Å². The van der Waals surface area contributed by atoms with Gasteiger partial charge in [-0.05, 0) is 126 Å². The van der Waals surface area contributed by atoms with Crippen molar-refractivity contribution in [2.45, 2.75) is 97.9 Å². The second-order valence-corrected chi connectivity index (χ2v) is 20.8. The molecule has 0 aromatic heterocycles. The Morgan fingerprint density at radius 2 is 1.58 bits per heavy atom. The van der Waals surface area contributed by atoms with Crippen molar-refractivity contribution < 1.29 is 23.1 Å². The van der Waals surface area contributed by atoms with Crippen molar-refractivity contribution in [3.63, 3.8) is 0 Å². The van der Waals surface area contributed by atoms with E-state index in [2.05, 4.69) is 56.2 Å². The summed E-state index contributed by atoms with van der Waals surface area (Å²) < 4.78 is 24.0. The normalized spacial score (nSPS) is 41.9. The highest BCUT2D eigenvalue weighted by Crippen LogP contribution is 2.76. The number of allylic oxidation sites excluding steroid dienone is 2. The van der Waals surface area contributed by atoms with E-state index in [0.717, 1.165) is 50.8 Å². The van der Waals surface area contributed by atoms with E-state index in [1.807, 2.05) is 12.1 Å². The second-order valence-electron chi connectivity index (χ2n) is 18.5. The number of carboxylic acids is 1. The molecule has 4 saturated carbocycles. The Labute approximate surface area is 300 Å². The Kier molecular flexibility index (Phi) is 8.99. The summed E-state index contributed by atoms with van der Waals surface area (Å²) in [6, 6.07) is 7.50. The molecule has 5 fully saturated rings. The van der Waals surface area contributed by atoms with E-state index >= 15 is 0 Å². The minimum absolute atomic E-state index is 0.0240. The molecule has 1 heterocycles. The number of aromatic carboxylic acids is 1. The average molecular weight is 708 g/mol. The molecule has 0 spiro atoms. The molecule has 1 aromatic carbocycles. The molecule has 9 heteroatoms. The molecule has 7 rings (SSSR count). The molecule has 0 radical (unpaired) electrons. The standard InChI is InChI=1S/C41H61N3O5S/c1-37(2)30(27-7-9-28(10-8-27)36(46)47)14-16-38(3)32(37)15-17-40(5)33(38)12-11-31-34-29(35(45)42-6)13-18-41(34,20-19-39(31,40)4)43-21-22-44-23-25-50(48,49)26-24-44/h7-10,14,29,31-34,43H,11-13,15-26H2,1-6H3,(H,42,45)(H,46,47)/t29-,31-,32+,33-,34-,38+,39-,40-,41+/m1/s1. The third-order valence-corrected chi connectivity index (χ3v) is 18.0. The predicted octanol–water partition coefficient (Wildman–Crippen LogP) is 6.28. The Morgan fingerprint density at radius 3 is 2.24 bits per heavy atom. The lowest BCUT2D eigenvalue weighted by molar-refractivity contribution is -0.220. The van der Waals surface area contributed by atoms with Crippen LogP contribution in [0.1, 0.15) is 108 Å². The van der Waals surface area contributed by atoms with Crippen LogP contribution in [0.2, 0.25) is 0 Å². The van der Waals surface area contributed by atoms with Crippen molar-refractivity contribution >= 4 is 27.3 Å². The molecule has 276 valence electrons. The van der Waals surface area contributed by atoms with Gasteiger partial charge >= 0.3 is 5.97 Å². The first-order chi connectivity index (χ1) is 23.5. The van der Waals surface area contributed by atoms with Gasteiger partial charge in [-0.25, -0.2) is 13.2 Å². The van der Waals surface area contributed by atoms with Gasteiger partial charge in [0.2, 0.25) is 5.91 Å². The van der Waals surface area contributed by atoms with Crippen LogP contribution < -0.4 is 10.6 Å². The number of nitrogens with zero attached hydrogens (tertiary/aromatic N) is 1. The second kappa shape index (κ2) is 12.4. The first-order valence-electron chi connectivity index (χ1n) is 19.5. The van der Waals surface area contributed by atoms with Gasteiger partial charge in [0, 0.05) is 44.7 Å². The molecule has 5 aliphatic carbocycles. The monoisotopic (exact) mass is 707 g/mol. The van der Waals surface area contributed by atoms with Crippen LogP contribution in [0.25, 0.3) is 5.57 Å². The number of hydrogen-bond donors (Lipinski definition) is 3. The number of sulfone groups is 1. The molecule has 1 aliphatic heterocycles. The maximum Gasteiger partial charge on any atom is 0.335 e. The van der Waals surface area contributed by atoms with Gasteiger partial charge in [-0.1, -0.05) is 52.8 Å². The summed E-state index contributed by atoms with van der Waals surface area (Å²) >= 11 is 0. The van der Waals surface area contributed by atoms with Gasteiger partial charge in [-0.2, -0.15) is 0 Å². The van der Waals surface area contributed by atoms with Gasteiger partial charge in [0.15, 0.2) is 9.84 Å². The molecular formula is C41H61N3O5S. The van der Waals surface area contributed by atoms with Crippen molar-refractivity contribution in [3.05, 3.63) is 41.5 Å². The van der Waals surface area contributed by atoms with Crippen molar-refractivity contribution in [1.82, 2.24) is 15.5 Å². The fourth-order valence-corrected chi connectivity index (χ4v) is 15.0. The highest BCUT2D eigenvalue weighted by Gasteiger charge is 2.70. The number of amides is 1. The zero-order chi connectivity index (χ0) is 35.9. The lowest BCUT2D eigenvalue weighted by atomic mass is 9.33. The Morgan fingerprint density at radius 1 is 0.880 bits per heavy atom. The summed E-state index contributed by atoms with van der Waals surface area (Å²) in [5, 5.41) is 16.6. The topological polar surface area (TPSA) is 116 Å². The van der Waals surface area contributed by atoms with Crippen LogP contribution in [0.5, 0.6) is 0 Å². The SMILES string of the molecule is CNC(=O)[C@@H]1CC[C@]2(NCCN3CCS(=O)(=O)CC3)CC[C@]3(C)[C@H](CC[C@@H]4[C@@]5(C)CC=C(c6ccc(C(=O)O)cc6)C(C)(C)[C@@H]5CC[C@]43C)[C@@H]12. The largest absolute Gasteiger partial charge is 0.478 e. The van der Waals surface area contributed by atoms with Crippen LogP contribution in [-0.4, -0.2) is 80.6 Å². The zero-order valence-electron chi connectivity index (χ0n) is 31.3. The summed E-state index contributed by atoms with van der Waals surface area (Å²) in [6.07, 6.45) is 12.5. The van der Waals surface area contributed by atoms with Crippen molar-refractivity contribution in [1.29, 1.82) is 0 Å². The molecule has 3 N–H and O–H groups in total. The van der Waals surface area contributed by atoms with Gasteiger partial charge in [-0.15, -0.1) is 0 Å². The molecule has 6 aliphatic rings. The Hall–Kier alpha value is -2.23. The van der Waals surface area contributed by atoms with Crippen LogP contribution in [0.3, 0.4) is 0 Å². The van der Waals surface area contributed by atoms with E-state index in [-0.39, 0.29) is 50.5 Å². The van der Waals surface area contributed by atoms with Gasteiger partial charge in [0.1, 0.15) is 0 Å². The van der Waals surface area contributed by atoms with Crippen LogP contribution in [0.4, 0.5) is 0 Å². The number of nitrogens with one attached hydrogen (secondary N) is 2. The minimum Gasteiger partial charge on any atom is -0.478 e. The minimum atomic E-state index is -2.90. The van der Waals surface area contributed by atoms with E-state index in [9.17, 15) is 23.1 Å². The van der Waals surface area contributed by atoms with Gasteiger partial charge in [0.05, 0.1) is 17.1 Å². The number of rotatable bonds is 7. The van der Waals surface area contributed by atoms with Crippen LogP contribution in [-0.2, 0) is 14.6 Å². The molecule has 0 unspecified atom stereocenters. The molecule has 8 nitrogen and oxygen atoms in total. The van der Waals surface area contributed by atoms with Crippen LogP contribution in [0, 0.1) is 51.2 Å². The summed E-state index contributed by atoms with van der Waals surface area (Å²) in [4.78, 5) is 27.4. The maximum absolute atomic E-state index is 13.6. The number of benzene rings is 1. The highest BCUT2D eigenvalue weighted by atomic mass is 32.2. The van der Waals surface area contributed by atoms with E-state index in [0.29, 0.717) is 42.3 Å². The molecule has 1 amide bonds.